The molecular weight excluding hydrogens is 280 g/mol. The molecule has 2 N–H and O–H groups in total. The van der Waals surface area contributed by atoms with Gasteiger partial charge in [-0.1, -0.05) is 30.3 Å². The number of rotatable bonds is 5. The molecule has 1 aromatic heterocycles. The number of nitrogens with zero attached hydrogens (tertiary/aromatic N) is 1. The number of benzene rings is 1. The molecule has 0 spiro atoms. The Labute approximate surface area is 116 Å². The monoisotopic (exact) mass is 292 g/mol. The molecule has 0 bridgehead atoms. The number of sulfonamides is 1. The Kier molecular flexibility index (Phi) is 3.99. The van der Waals surface area contributed by atoms with Crippen LogP contribution in [0, 0.1) is 0 Å². The summed E-state index contributed by atoms with van der Waals surface area (Å²) in [5, 5.41) is 8.95. The second-order valence-corrected chi connectivity index (χ2v) is 5.77. The summed E-state index contributed by atoms with van der Waals surface area (Å²) in [4.78, 5) is 14.6. The van der Waals surface area contributed by atoms with Crippen LogP contribution in [0.25, 0.3) is 0 Å². The zero-order valence-electron chi connectivity index (χ0n) is 10.4. The van der Waals surface area contributed by atoms with Crippen LogP contribution in [0.5, 0.6) is 0 Å². The van der Waals surface area contributed by atoms with Gasteiger partial charge in [-0.3, -0.25) is 4.72 Å². The first-order valence-electron chi connectivity index (χ1n) is 5.71. The van der Waals surface area contributed by atoms with Crippen LogP contribution < -0.4 is 4.72 Å². The molecule has 2 aromatic rings. The lowest BCUT2D eigenvalue weighted by molar-refractivity contribution is 0.0692. The van der Waals surface area contributed by atoms with Crippen molar-refractivity contribution in [3.05, 3.63) is 59.9 Å². The zero-order valence-corrected chi connectivity index (χ0v) is 11.2. The molecule has 0 aliphatic heterocycles. The lowest BCUT2D eigenvalue weighted by atomic mass is 10.2. The van der Waals surface area contributed by atoms with E-state index in [-0.39, 0.29) is 17.1 Å². The Balaban J connectivity index is 2.23. The summed E-state index contributed by atoms with van der Waals surface area (Å²) in [6, 6.07) is 11.4. The van der Waals surface area contributed by atoms with Gasteiger partial charge in [-0.25, -0.2) is 18.2 Å². The molecule has 0 atom stereocenters. The van der Waals surface area contributed by atoms with Crippen LogP contribution in [-0.2, 0) is 15.8 Å². The van der Waals surface area contributed by atoms with Crippen molar-refractivity contribution in [3.8, 4) is 0 Å². The maximum atomic E-state index is 12.0. The number of hydrogen-bond acceptors (Lipinski definition) is 4. The van der Waals surface area contributed by atoms with E-state index < -0.39 is 16.0 Å². The van der Waals surface area contributed by atoms with Gasteiger partial charge < -0.3 is 5.11 Å². The second-order valence-electron chi connectivity index (χ2n) is 4.05. The van der Waals surface area contributed by atoms with E-state index in [1.807, 2.05) is 0 Å². The van der Waals surface area contributed by atoms with E-state index >= 15 is 0 Å². The second kappa shape index (κ2) is 5.70. The Morgan fingerprint density at radius 2 is 1.85 bits per heavy atom. The SMILES string of the molecule is O=C(O)c1ncccc1NS(=O)(=O)Cc1ccccc1. The highest BCUT2D eigenvalue weighted by Gasteiger charge is 2.17. The lowest BCUT2D eigenvalue weighted by Gasteiger charge is -2.09. The molecule has 6 nitrogen and oxygen atoms in total. The molecular formula is C13H12N2O4S. The third-order valence-electron chi connectivity index (χ3n) is 2.48. The van der Waals surface area contributed by atoms with Gasteiger partial charge in [0.25, 0.3) is 0 Å². The predicted molar refractivity (Wildman–Crippen MR) is 73.9 cm³/mol. The number of nitrogens with one attached hydrogen (secondary N) is 1. The van der Waals surface area contributed by atoms with Crippen molar-refractivity contribution in [3.63, 3.8) is 0 Å². The van der Waals surface area contributed by atoms with Crippen molar-refractivity contribution < 1.29 is 18.3 Å². The Bertz CT molecular complexity index is 714. The topological polar surface area (TPSA) is 96.4 Å². The predicted octanol–water partition coefficient (Wildman–Crippen LogP) is 1.72. The highest BCUT2D eigenvalue weighted by Crippen LogP contribution is 2.16. The largest absolute Gasteiger partial charge is 0.476 e. The molecule has 104 valence electrons. The standard InChI is InChI=1S/C13H12N2O4S/c16-13(17)12-11(7-4-8-14-12)15-20(18,19)9-10-5-2-1-3-6-10/h1-8,15H,9H2,(H,16,17). The molecule has 20 heavy (non-hydrogen) atoms. The summed E-state index contributed by atoms with van der Waals surface area (Å²) in [6.45, 7) is 0. The van der Waals surface area contributed by atoms with Crippen LogP contribution in [0.2, 0.25) is 0 Å². The van der Waals surface area contributed by atoms with E-state index in [0.29, 0.717) is 5.56 Å². The first-order valence-corrected chi connectivity index (χ1v) is 7.36. The Morgan fingerprint density at radius 1 is 1.15 bits per heavy atom. The summed E-state index contributed by atoms with van der Waals surface area (Å²) in [7, 11) is -3.70. The third-order valence-corrected chi connectivity index (χ3v) is 3.72. The normalized spacial score (nSPS) is 11.0. The van der Waals surface area contributed by atoms with Crippen molar-refractivity contribution in [2.75, 3.05) is 4.72 Å². The van der Waals surface area contributed by atoms with Crippen molar-refractivity contribution in [2.45, 2.75) is 5.75 Å². The number of anilines is 1. The van der Waals surface area contributed by atoms with Crippen LogP contribution in [0.1, 0.15) is 16.1 Å². The number of carboxylic acids is 1. The van der Waals surface area contributed by atoms with E-state index in [1.54, 1.807) is 30.3 Å². The summed E-state index contributed by atoms with van der Waals surface area (Å²) >= 11 is 0. The fraction of sp³-hybridized carbons (Fsp3) is 0.0769. The Hall–Kier alpha value is -2.41. The molecule has 0 amide bonds. The molecule has 0 saturated heterocycles. The zero-order chi connectivity index (χ0) is 14.6. The summed E-state index contributed by atoms with van der Waals surface area (Å²) in [6.07, 6.45) is 1.29. The molecule has 0 aliphatic rings. The number of aromatic nitrogens is 1. The van der Waals surface area contributed by atoms with Gasteiger partial charge in [-0.15, -0.1) is 0 Å². The van der Waals surface area contributed by atoms with Crippen molar-refractivity contribution in [1.29, 1.82) is 0 Å². The first kappa shape index (κ1) is 14.0. The molecule has 7 heteroatoms. The van der Waals surface area contributed by atoms with E-state index in [4.69, 9.17) is 5.11 Å². The average molecular weight is 292 g/mol. The highest BCUT2D eigenvalue weighted by molar-refractivity contribution is 7.91. The van der Waals surface area contributed by atoms with Gasteiger partial charge in [0, 0.05) is 6.20 Å². The van der Waals surface area contributed by atoms with E-state index in [9.17, 15) is 13.2 Å². The molecule has 2 rings (SSSR count). The summed E-state index contributed by atoms with van der Waals surface area (Å²) in [5.41, 5.74) is 0.237. The van der Waals surface area contributed by atoms with E-state index in [0.717, 1.165) is 0 Å². The Morgan fingerprint density at radius 3 is 2.50 bits per heavy atom. The van der Waals surface area contributed by atoms with Gasteiger partial charge in [0.2, 0.25) is 10.0 Å². The van der Waals surface area contributed by atoms with Crippen LogP contribution in [0.3, 0.4) is 0 Å². The maximum Gasteiger partial charge on any atom is 0.356 e. The van der Waals surface area contributed by atoms with Crippen molar-refractivity contribution >= 4 is 21.7 Å². The van der Waals surface area contributed by atoms with Gasteiger partial charge in [0.15, 0.2) is 5.69 Å². The van der Waals surface area contributed by atoms with Crippen molar-refractivity contribution in [1.82, 2.24) is 4.98 Å². The van der Waals surface area contributed by atoms with Crippen LogP contribution in [0.15, 0.2) is 48.7 Å². The highest BCUT2D eigenvalue weighted by atomic mass is 32.2. The molecule has 1 aromatic carbocycles. The minimum Gasteiger partial charge on any atom is -0.476 e. The molecule has 0 fully saturated rings. The summed E-state index contributed by atoms with van der Waals surface area (Å²) in [5.74, 6) is -1.52. The van der Waals surface area contributed by atoms with E-state index in [1.165, 1.54) is 18.3 Å². The lowest BCUT2D eigenvalue weighted by Crippen LogP contribution is -2.17. The number of hydrogen-bond donors (Lipinski definition) is 2. The minimum atomic E-state index is -3.70. The number of aromatic carboxylic acids is 1. The number of pyridine rings is 1. The quantitative estimate of drug-likeness (QED) is 0.874. The van der Waals surface area contributed by atoms with Gasteiger partial charge >= 0.3 is 5.97 Å². The minimum absolute atomic E-state index is 0.0454. The molecule has 0 saturated carbocycles. The number of carbonyl (C=O) groups is 1. The molecule has 0 radical (unpaired) electrons. The average Bonchev–Trinajstić information content (AvgIpc) is 2.39. The van der Waals surface area contributed by atoms with Gasteiger partial charge in [0.1, 0.15) is 0 Å². The van der Waals surface area contributed by atoms with Crippen molar-refractivity contribution in [2.24, 2.45) is 0 Å². The smallest absolute Gasteiger partial charge is 0.356 e. The van der Waals surface area contributed by atoms with Gasteiger partial charge in [-0.05, 0) is 17.7 Å². The molecule has 0 aliphatic carbocycles. The third kappa shape index (κ3) is 3.55. The van der Waals surface area contributed by atoms with Gasteiger partial charge in [0.05, 0.1) is 11.4 Å². The van der Waals surface area contributed by atoms with Crippen LogP contribution in [-0.4, -0.2) is 24.5 Å². The maximum absolute atomic E-state index is 12.0. The molecule has 0 unspecified atom stereocenters. The fourth-order valence-corrected chi connectivity index (χ4v) is 2.86. The molecule has 1 heterocycles. The fourth-order valence-electron chi connectivity index (χ4n) is 1.66. The van der Waals surface area contributed by atoms with Crippen LogP contribution in [0.4, 0.5) is 5.69 Å². The van der Waals surface area contributed by atoms with Gasteiger partial charge in [-0.2, -0.15) is 0 Å². The number of carboxylic acid groups (broad SMARTS) is 1. The van der Waals surface area contributed by atoms with E-state index in [2.05, 4.69) is 9.71 Å². The first-order chi connectivity index (χ1) is 9.48. The summed E-state index contributed by atoms with van der Waals surface area (Å²) < 4.78 is 26.3. The van der Waals surface area contributed by atoms with Crippen LogP contribution >= 0.6 is 0 Å².